The zero-order chi connectivity index (χ0) is 17.4. The Hall–Kier alpha value is 0.980. The molecule has 3 heterocycles. The topological polar surface area (TPSA) is 0 Å². The molecule has 0 unspecified atom stereocenters. The van der Waals surface area contributed by atoms with Crippen LogP contribution in [0.15, 0.2) is 55.1 Å². The summed E-state index contributed by atoms with van der Waals surface area (Å²) >= 11 is 15.3. The second-order valence-electron chi connectivity index (χ2n) is 5.11. The molecule has 130 valence electrons. The van der Waals surface area contributed by atoms with Gasteiger partial charge in [-0.1, -0.05) is 100 Å². The van der Waals surface area contributed by atoms with E-state index in [4.69, 9.17) is 0 Å². The Morgan fingerprint density at radius 2 is 1.24 bits per heavy atom. The van der Waals surface area contributed by atoms with Crippen LogP contribution in [0.25, 0.3) is 4.91 Å². The highest BCUT2D eigenvalue weighted by molar-refractivity contribution is 8.46. The van der Waals surface area contributed by atoms with Crippen LogP contribution in [-0.2, 0) is 0 Å². The Kier molecular flexibility index (Phi) is 6.60. The standard InChI is InChI=1S/C17H14S8/c1-9-4-6-10(7-5-9)11-8-20-14-15(21-11)25-17(24-14)16-22-12(18-2)13(19-3)23-16/h4-8H,1-3H3. The van der Waals surface area contributed by atoms with Gasteiger partial charge >= 0.3 is 0 Å². The van der Waals surface area contributed by atoms with E-state index in [1.54, 1.807) is 0 Å². The molecular weight excluding hydrogens is 461 g/mol. The molecule has 0 aromatic heterocycles. The second-order valence-corrected chi connectivity index (χ2v) is 14.3. The third-order valence-electron chi connectivity index (χ3n) is 3.42. The highest BCUT2D eigenvalue weighted by Crippen LogP contribution is 2.68. The molecule has 8 heteroatoms. The lowest BCUT2D eigenvalue weighted by atomic mass is 10.1. The number of hydrogen-bond acceptors (Lipinski definition) is 8. The fourth-order valence-corrected chi connectivity index (χ4v) is 13.1. The van der Waals surface area contributed by atoms with Gasteiger partial charge in [-0.05, 0) is 30.4 Å². The summed E-state index contributed by atoms with van der Waals surface area (Å²) in [5.74, 6) is 0. The Morgan fingerprint density at radius 3 is 1.88 bits per heavy atom. The predicted molar refractivity (Wildman–Crippen MR) is 133 cm³/mol. The maximum atomic E-state index is 2.31. The van der Waals surface area contributed by atoms with Gasteiger partial charge in [-0.3, -0.25) is 0 Å². The quantitative estimate of drug-likeness (QED) is 0.420. The van der Waals surface area contributed by atoms with Gasteiger partial charge in [0.2, 0.25) is 0 Å². The smallest absolute Gasteiger partial charge is 0.0718 e. The minimum atomic E-state index is 1.31. The summed E-state index contributed by atoms with van der Waals surface area (Å²) in [6, 6.07) is 8.85. The van der Waals surface area contributed by atoms with Gasteiger partial charge in [-0.15, -0.1) is 23.5 Å². The molecule has 0 saturated carbocycles. The van der Waals surface area contributed by atoms with Gasteiger partial charge in [-0.2, -0.15) is 0 Å². The van der Waals surface area contributed by atoms with Crippen LogP contribution in [0.2, 0.25) is 0 Å². The van der Waals surface area contributed by atoms with E-state index in [9.17, 15) is 0 Å². The number of benzene rings is 1. The molecule has 1 aromatic carbocycles. The Labute approximate surface area is 183 Å². The molecule has 0 radical (unpaired) electrons. The van der Waals surface area contributed by atoms with Crippen LogP contribution >= 0.6 is 94.1 Å². The summed E-state index contributed by atoms with van der Waals surface area (Å²) in [7, 11) is 0. The molecule has 0 bridgehead atoms. The third-order valence-corrected chi connectivity index (χ3v) is 14.7. The summed E-state index contributed by atoms with van der Waals surface area (Å²) in [6.07, 6.45) is 4.35. The van der Waals surface area contributed by atoms with Gasteiger partial charge in [0.1, 0.15) is 0 Å². The van der Waals surface area contributed by atoms with Crippen molar-refractivity contribution in [3.05, 3.63) is 66.2 Å². The molecule has 3 aliphatic rings. The van der Waals surface area contributed by atoms with Gasteiger partial charge in [0, 0.05) is 4.91 Å². The molecule has 4 rings (SSSR count). The molecule has 1 aromatic rings. The average molecular weight is 475 g/mol. The predicted octanol–water partition coefficient (Wildman–Crippen LogP) is 8.84. The first-order valence-corrected chi connectivity index (χ1v) is 14.7. The monoisotopic (exact) mass is 474 g/mol. The van der Waals surface area contributed by atoms with Crippen LogP contribution in [0.5, 0.6) is 0 Å². The molecule has 0 fully saturated rings. The highest BCUT2D eigenvalue weighted by Gasteiger charge is 2.32. The van der Waals surface area contributed by atoms with E-state index in [1.807, 2.05) is 94.1 Å². The van der Waals surface area contributed by atoms with Gasteiger partial charge in [0.05, 0.1) is 25.4 Å². The van der Waals surface area contributed by atoms with Crippen molar-refractivity contribution in [2.24, 2.45) is 0 Å². The first kappa shape index (κ1) is 19.3. The normalized spacial score (nSPS) is 20.5. The van der Waals surface area contributed by atoms with Gasteiger partial charge in [0.25, 0.3) is 0 Å². The SMILES string of the molecule is CSC1=C(SC)SC(=C2SC3=C(SC(c4ccc(C)cc4)=CS3)S2)S1. The maximum Gasteiger partial charge on any atom is 0.0718 e. The molecule has 0 nitrogen and oxygen atoms in total. The van der Waals surface area contributed by atoms with Crippen molar-refractivity contribution in [2.45, 2.75) is 6.92 Å². The lowest BCUT2D eigenvalue weighted by molar-refractivity contribution is 1.46. The van der Waals surface area contributed by atoms with Crippen LogP contribution in [0.4, 0.5) is 0 Å². The molecule has 0 atom stereocenters. The third kappa shape index (κ3) is 4.21. The molecule has 0 N–H and O–H groups in total. The molecule has 0 amide bonds. The van der Waals surface area contributed by atoms with E-state index in [0.29, 0.717) is 0 Å². The van der Waals surface area contributed by atoms with E-state index in [-0.39, 0.29) is 0 Å². The summed E-state index contributed by atoms with van der Waals surface area (Å²) in [6.45, 7) is 2.14. The fourth-order valence-electron chi connectivity index (χ4n) is 2.17. The lowest BCUT2D eigenvalue weighted by Crippen LogP contribution is -1.84. The number of hydrogen-bond donors (Lipinski definition) is 0. The molecule has 25 heavy (non-hydrogen) atoms. The van der Waals surface area contributed by atoms with Crippen LogP contribution in [0.3, 0.4) is 0 Å². The van der Waals surface area contributed by atoms with Crippen LogP contribution in [0, 0.1) is 6.92 Å². The first-order chi connectivity index (χ1) is 12.2. The first-order valence-electron chi connectivity index (χ1n) is 7.32. The van der Waals surface area contributed by atoms with Crippen molar-refractivity contribution < 1.29 is 0 Å². The summed E-state index contributed by atoms with van der Waals surface area (Å²) in [5, 5.41) is 2.31. The van der Waals surface area contributed by atoms with Crippen molar-refractivity contribution in [3.63, 3.8) is 0 Å². The molecule has 0 aliphatic carbocycles. The lowest BCUT2D eigenvalue weighted by Gasteiger charge is -2.13. The van der Waals surface area contributed by atoms with E-state index >= 15 is 0 Å². The Bertz CT molecular complexity index is 811. The van der Waals surface area contributed by atoms with Crippen LogP contribution < -0.4 is 0 Å². The number of thioether (sulfide) groups is 8. The number of aryl methyl sites for hydroxylation is 1. The maximum absolute atomic E-state index is 2.31. The van der Waals surface area contributed by atoms with Gasteiger partial charge < -0.3 is 0 Å². The van der Waals surface area contributed by atoms with Crippen molar-refractivity contribution in [1.82, 2.24) is 0 Å². The minimum Gasteiger partial charge on any atom is -0.121 e. The van der Waals surface area contributed by atoms with Crippen molar-refractivity contribution in [3.8, 4) is 0 Å². The molecule has 0 spiro atoms. The molecular formula is C17H14S8. The summed E-state index contributed by atoms with van der Waals surface area (Å²) in [5.41, 5.74) is 2.63. The zero-order valence-corrected chi connectivity index (χ0v) is 20.2. The van der Waals surface area contributed by atoms with E-state index < -0.39 is 0 Å². The molecule has 3 aliphatic heterocycles. The largest absolute Gasteiger partial charge is 0.121 e. The average Bonchev–Trinajstić information content (AvgIpc) is 3.25. The minimum absolute atomic E-state index is 1.31. The fraction of sp³-hybridized carbons (Fsp3) is 0.176. The zero-order valence-electron chi connectivity index (χ0n) is 13.7. The Morgan fingerprint density at radius 1 is 0.680 bits per heavy atom. The van der Waals surface area contributed by atoms with Crippen molar-refractivity contribution in [1.29, 1.82) is 0 Å². The second kappa shape index (κ2) is 8.55. The molecule has 0 saturated heterocycles. The summed E-state index contributed by atoms with van der Waals surface area (Å²) in [4.78, 5) is 1.36. The van der Waals surface area contributed by atoms with E-state index in [1.165, 1.54) is 41.5 Å². The van der Waals surface area contributed by atoms with E-state index in [2.05, 4.69) is 49.1 Å². The van der Waals surface area contributed by atoms with Crippen LogP contribution in [0.1, 0.15) is 11.1 Å². The van der Waals surface area contributed by atoms with Crippen molar-refractivity contribution in [2.75, 3.05) is 12.5 Å². The Balaban J connectivity index is 1.48. The van der Waals surface area contributed by atoms with Gasteiger partial charge in [-0.25, -0.2) is 0 Å². The van der Waals surface area contributed by atoms with E-state index in [0.717, 1.165) is 0 Å². The van der Waals surface area contributed by atoms with Crippen LogP contribution in [-0.4, -0.2) is 12.5 Å². The number of rotatable bonds is 3. The highest BCUT2D eigenvalue weighted by atomic mass is 32.3. The van der Waals surface area contributed by atoms with Crippen molar-refractivity contribution >= 4 is 99.0 Å². The van der Waals surface area contributed by atoms with Gasteiger partial charge in [0.15, 0.2) is 0 Å². The summed E-state index contributed by atoms with van der Waals surface area (Å²) < 4.78 is 8.69.